The number of benzene rings is 1. The van der Waals surface area contributed by atoms with E-state index in [0.717, 1.165) is 40.6 Å². The van der Waals surface area contributed by atoms with Gasteiger partial charge in [0.25, 0.3) is 0 Å². The molecule has 0 bridgehead atoms. The first-order valence-corrected chi connectivity index (χ1v) is 8.45. The molecule has 7 nitrogen and oxygen atoms in total. The molecule has 0 radical (unpaired) electrons. The molecule has 2 aromatic heterocycles. The lowest BCUT2D eigenvalue weighted by molar-refractivity contribution is 0.251. The first-order valence-electron chi connectivity index (χ1n) is 8.45. The Morgan fingerprint density at radius 1 is 1.27 bits per heavy atom. The topological polar surface area (TPSA) is 81.1 Å². The molecule has 0 fully saturated rings. The number of carbonyl (C=O) groups is 1. The molecular weight excluding hydrogens is 330 g/mol. The molecule has 3 heterocycles. The van der Waals surface area contributed by atoms with Crippen LogP contribution in [0.2, 0.25) is 0 Å². The Bertz CT molecular complexity index is 951. The van der Waals surface area contributed by atoms with E-state index in [-0.39, 0.29) is 6.03 Å². The first-order chi connectivity index (χ1) is 12.7. The second-order valence-corrected chi connectivity index (χ2v) is 6.06. The molecule has 0 aliphatic carbocycles. The summed E-state index contributed by atoms with van der Waals surface area (Å²) in [4.78, 5) is 20.9. The van der Waals surface area contributed by atoms with Gasteiger partial charge >= 0.3 is 6.03 Å². The van der Waals surface area contributed by atoms with E-state index in [1.807, 2.05) is 48.0 Å². The molecule has 0 unspecified atom stereocenters. The third-order valence-corrected chi connectivity index (χ3v) is 4.31. The molecule has 4 rings (SSSR count). The van der Waals surface area contributed by atoms with Gasteiger partial charge in [0.05, 0.1) is 6.61 Å². The summed E-state index contributed by atoms with van der Waals surface area (Å²) in [7, 11) is 0. The van der Waals surface area contributed by atoms with Crippen LogP contribution in [0.1, 0.15) is 17.0 Å². The van der Waals surface area contributed by atoms with Gasteiger partial charge < -0.3 is 15.4 Å². The van der Waals surface area contributed by atoms with Crippen LogP contribution in [0, 0.1) is 6.92 Å². The molecule has 0 spiro atoms. The quantitative estimate of drug-likeness (QED) is 0.759. The van der Waals surface area contributed by atoms with Gasteiger partial charge in [-0.15, -0.1) is 0 Å². The first kappa shape index (κ1) is 16.1. The lowest BCUT2D eigenvalue weighted by atomic mass is 10.1. The monoisotopic (exact) mass is 349 g/mol. The Morgan fingerprint density at radius 2 is 2.19 bits per heavy atom. The average molecular weight is 349 g/mol. The normalized spacial score (nSPS) is 12.3. The lowest BCUT2D eigenvalue weighted by Gasteiger charge is -2.12. The molecule has 26 heavy (non-hydrogen) atoms. The minimum Gasteiger partial charge on any atom is -0.493 e. The Morgan fingerprint density at radius 3 is 3.04 bits per heavy atom. The fraction of sp³-hybridized carbons (Fsp3) is 0.211. The number of ether oxygens (including phenoxy) is 1. The zero-order valence-corrected chi connectivity index (χ0v) is 14.4. The van der Waals surface area contributed by atoms with E-state index in [9.17, 15) is 4.79 Å². The van der Waals surface area contributed by atoms with Crippen molar-refractivity contribution in [2.75, 3.05) is 11.9 Å². The van der Waals surface area contributed by atoms with Crippen molar-refractivity contribution in [1.29, 1.82) is 0 Å². The number of aryl methyl sites for hydroxylation is 1. The second-order valence-electron chi connectivity index (χ2n) is 6.06. The highest BCUT2D eigenvalue weighted by Crippen LogP contribution is 2.27. The van der Waals surface area contributed by atoms with Crippen LogP contribution in [-0.4, -0.2) is 27.2 Å². The van der Waals surface area contributed by atoms with Crippen molar-refractivity contribution in [2.24, 2.45) is 0 Å². The van der Waals surface area contributed by atoms with Crippen molar-refractivity contribution >= 4 is 11.7 Å². The van der Waals surface area contributed by atoms with Crippen LogP contribution >= 0.6 is 0 Å². The number of aromatic nitrogens is 3. The van der Waals surface area contributed by atoms with Gasteiger partial charge in [0.1, 0.15) is 17.4 Å². The number of nitrogens with one attached hydrogen (secondary N) is 2. The Hall–Kier alpha value is -3.35. The number of amides is 2. The SMILES string of the molecule is Cc1nccn1-c1ncccc1CNC(=O)Nc1ccc2c(c1)CCO2. The Balaban J connectivity index is 1.43. The van der Waals surface area contributed by atoms with Crippen molar-refractivity contribution in [3.8, 4) is 11.6 Å². The van der Waals surface area contributed by atoms with Crippen LogP contribution in [0.5, 0.6) is 5.75 Å². The fourth-order valence-corrected chi connectivity index (χ4v) is 3.00. The molecule has 1 aromatic carbocycles. The van der Waals surface area contributed by atoms with Crippen molar-refractivity contribution in [3.63, 3.8) is 0 Å². The smallest absolute Gasteiger partial charge is 0.319 e. The molecular formula is C19H19N5O2. The minimum atomic E-state index is -0.263. The second kappa shape index (κ2) is 6.87. The van der Waals surface area contributed by atoms with E-state index in [1.165, 1.54) is 0 Å². The van der Waals surface area contributed by atoms with Crippen molar-refractivity contribution in [2.45, 2.75) is 19.9 Å². The lowest BCUT2D eigenvalue weighted by Crippen LogP contribution is -2.28. The van der Waals surface area contributed by atoms with E-state index in [4.69, 9.17) is 4.74 Å². The third-order valence-electron chi connectivity index (χ3n) is 4.31. The van der Waals surface area contributed by atoms with Crippen molar-refractivity contribution < 1.29 is 9.53 Å². The van der Waals surface area contributed by atoms with Crippen LogP contribution in [0.4, 0.5) is 10.5 Å². The van der Waals surface area contributed by atoms with E-state index in [1.54, 1.807) is 12.4 Å². The maximum absolute atomic E-state index is 12.3. The standard InChI is InChI=1S/C19H19N5O2/c1-13-20-8-9-24(13)18-15(3-2-7-21-18)12-22-19(25)23-16-4-5-17-14(11-16)6-10-26-17/h2-5,7-9,11H,6,10,12H2,1H3,(H2,22,23,25). The Labute approximate surface area is 151 Å². The maximum atomic E-state index is 12.3. The molecule has 2 amide bonds. The van der Waals surface area contributed by atoms with E-state index in [2.05, 4.69) is 20.6 Å². The largest absolute Gasteiger partial charge is 0.493 e. The van der Waals surface area contributed by atoms with Gasteiger partial charge in [-0.05, 0) is 36.8 Å². The summed E-state index contributed by atoms with van der Waals surface area (Å²) in [6.45, 7) is 2.97. The number of hydrogen-bond acceptors (Lipinski definition) is 4. The summed E-state index contributed by atoms with van der Waals surface area (Å²) in [6.07, 6.45) is 6.18. The van der Waals surface area contributed by atoms with Crippen LogP contribution in [0.25, 0.3) is 5.82 Å². The average Bonchev–Trinajstić information content (AvgIpc) is 3.28. The summed E-state index contributed by atoms with van der Waals surface area (Å²) >= 11 is 0. The van der Waals surface area contributed by atoms with Gasteiger partial charge in [0, 0.05) is 42.8 Å². The summed E-state index contributed by atoms with van der Waals surface area (Å²) in [5.74, 6) is 2.50. The van der Waals surface area contributed by atoms with Gasteiger partial charge in [-0.2, -0.15) is 0 Å². The van der Waals surface area contributed by atoms with Crippen LogP contribution in [-0.2, 0) is 13.0 Å². The number of urea groups is 1. The fourth-order valence-electron chi connectivity index (χ4n) is 3.00. The zero-order chi connectivity index (χ0) is 17.9. The highest BCUT2D eigenvalue weighted by atomic mass is 16.5. The summed E-state index contributed by atoms with van der Waals surface area (Å²) in [5, 5.41) is 5.74. The molecule has 3 aromatic rings. The summed E-state index contributed by atoms with van der Waals surface area (Å²) in [6, 6.07) is 9.21. The predicted octanol–water partition coefficient (Wildman–Crippen LogP) is 2.83. The van der Waals surface area contributed by atoms with Gasteiger partial charge in [-0.3, -0.25) is 4.57 Å². The minimum absolute atomic E-state index is 0.263. The van der Waals surface area contributed by atoms with E-state index >= 15 is 0 Å². The number of hydrogen-bond donors (Lipinski definition) is 2. The van der Waals surface area contributed by atoms with Crippen molar-refractivity contribution in [3.05, 3.63) is 65.9 Å². The number of rotatable bonds is 4. The van der Waals surface area contributed by atoms with Gasteiger partial charge in [-0.25, -0.2) is 14.8 Å². The van der Waals surface area contributed by atoms with Gasteiger partial charge in [-0.1, -0.05) is 6.07 Å². The van der Waals surface area contributed by atoms with Crippen molar-refractivity contribution in [1.82, 2.24) is 19.9 Å². The highest BCUT2D eigenvalue weighted by molar-refractivity contribution is 5.89. The summed E-state index contributed by atoms with van der Waals surface area (Å²) in [5.41, 5.74) is 2.78. The van der Waals surface area contributed by atoms with Crippen LogP contribution in [0.3, 0.4) is 0 Å². The predicted molar refractivity (Wildman–Crippen MR) is 97.6 cm³/mol. The number of anilines is 1. The molecule has 2 N–H and O–H groups in total. The van der Waals surface area contributed by atoms with Crippen LogP contribution < -0.4 is 15.4 Å². The molecule has 0 atom stereocenters. The molecule has 0 saturated carbocycles. The number of nitrogens with zero attached hydrogens (tertiary/aromatic N) is 3. The molecule has 7 heteroatoms. The van der Waals surface area contributed by atoms with Gasteiger partial charge in [0.2, 0.25) is 0 Å². The van der Waals surface area contributed by atoms with E-state index in [0.29, 0.717) is 13.2 Å². The number of pyridine rings is 1. The molecule has 0 saturated heterocycles. The van der Waals surface area contributed by atoms with Crippen LogP contribution in [0.15, 0.2) is 48.9 Å². The molecule has 1 aliphatic rings. The maximum Gasteiger partial charge on any atom is 0.319 e. The number of fused-ring (bicyclic) bond motifs is 1. The molecule has 132 valence electrons. The third kappa shape index (κ3) is 3.23. The summed E-state index contributed by atoms with van der Waals surface area (Å²) < 4.78 is 7.38. The van der Waals surface area contributed by atoms with Gasteiger partial charge in [0.15, 0.2) is 0 Å². The highest BCUT2D eigenvalue weighted by Gasteiger charge is 2.13. The Kier molecular flexibility index (Phi) is 4.27. The number of imidazole rings is 1. The zero-order valence-electron chi connectivity index (χ0n) is 14.4. The molecule has 1 aliphatic heterocycles. The number of carbonyl (C=O) groups excluding carboxylic acids is 1. The van der Waals surface area contributed by atoms with E-state index < -0.39 is 0 Å².